The Morgan fingerprint density at radius 1 is 1.16 bits per heavy atom. The molecule has 0 atom stereocenters. The van der Waals surface area contributed by atoms with Crippen molar-refractivity contribution in [1.82, 2.24) is 0 Å². The van der Waals surface area contributed by atoms with Gasteiger partial charge in [0.25, 0.3) is 5.91 Å². The first-order chi connectivity index (χ1) is 12.2. The van der Waals surface area contributed by atoms with Crippen molar-refractivity contribution in [2.75, 3.05) is 25.6 Å². The normalized spacial score (nSPS) is 10.5. The maximum Gasteiger partial charge on any atom is 0.262 e. The number of hydrogen-bond acceptors (Lipinski definition) is 6. The Morgan fingerprint density at radius 3 is 2.68 bits per heavy atom. The Bertz CT molecular complexity index is 746. The fraction of sp³-hybridized carbons (Fsp3) is 0.222. The molecular weight excluding hydrogens is 324 g/mol. The second-order valence-electron chi connectivity index (χ2n) is 4.92. The van der Waals surface area contributed by atoms with E-state index in [9.17, 15) is 4.79 Å². The van der Waals surface area contributed by atoms with Crippen LogP contribution in [0.4, 0.5) is 5.69 Å². The van der Waals surface area contributed by atoms with E-state index in [2.05, 4.69) is 10.5 Å². The minimum Gasteiger partial charge on any atom is -0.495 e. The van der Waals surface area contributed by atoms with E-state index in [4.69, 9.17) is 19.4 Å². The van der Waals surface area contributed by atoms with E-state index < -0.39 is 0 Å². The van der Waals surface area contributed by atoms with E-state index in [-0.39, 0.29) is 12.5 Å². The van der Waals surface area contributed by atoms with Gasteiger partial charge in [-0.15, -0.1) is 0 Å². The van der Waals surface area contributed by atoms with E-state index >= 15 is 0 Å². The van der Waals surface area contributed by atoms with Gasteiger partial charge in [0.05, 0.1) is 25.6 Å². The van der Waals surface area contributed by atoms with Crippen molar-refractivity contribution >= 4 is 17.8 Å². The van der Waals surface area contributed by atoms with Gasteiger partial charge < -0.3 is 24.7 Å². The van der Waals surface area contributed by atoms with Crippen LogP contribution in [0.2, 0.25) is 0 Å². The van der Waals surface area contributed by atoms with Gasteiger partial charge in [0.15, 0.2) is 18.1 Å². The Kier molecular flexibility index (Phi) is 6.65. The van der Waals surface area contributed by atoms with Gasteiger partial charge in [0.1, 0.15) is 5.75 Å². The monoisotopic (exact) mass is 344 g/mol. The van der Waals surface area contributed by atoms with Gasteiger partial charge in [-0.05, 0) is 37.3 Å². The molecule has 0 unspecified atom stereocenters. The lowest BCUT2D eigenvalue weighted by Crippen LogP contribution is -2.20. The Hall–Kier alpha value is -3.22. The number of ether oxygens (including phenoxy) is 3. The number of nitrogens with zero attached hydrogens (tertiary/aromatic N) is 1. The van der Waals surface area contributed by atoms with E-state index in [0.717, 1.165) is 0 Å². The van der Waals surface area contributed by atoms with Gasteiger partial charge >= 0.3 is 0 Å². The standard InChI is InChI=1S/C18H20N2O5/c1-3-24-17-10-13(11-19-22)8-9-16(17)25-12-18(21)20-14-6-4-5-7-15(14)23-2/h4-11,22H,3,12H2,1-2H3,(H,20,21). The first-order valence-corrected chi connectivity index (χ1v) is 7.68. The summed E-state index contributed by atoms with van der Waals surface area (Å²) in [6.45, 7) is 2.08. The summed E-state index contributed by atoms with van der Waals surface area (Å²) < 4.78 is 16.2. The van der Waals surface area contributed by atoms with Crippen LogP contribution in [-0.4, -0.2) is 37.7 Å². The van der Waals surface area contributed by atoms with E-state index in [0.29, 0.717) is 35.1 Å². The number of hydrogen-bond donors (Lipinski definition) is 2. The minimum absolute atomic E-state index is 0.189. The number of nitrogens with one attached hydrogen (secondary N) is 1. The molecule has 2 rings (SSSR count). The van der Waals surface area contributed by atoms with E-state index in [1.54, 1.807) is 36.4 Å². The number of amides is 1. The fourth-order valence-corrected chi connectivity index (χ4v) is 2.14. The molecule has 0 aliphatic heterocycles. The number of anilines is 1. The molecule has 7 nitrogen and oxygen atoms in total. The smallest absolute Gasteiger partial charge is 0.262 e. The molecule has 7 heteroatoms. The molecule has 0 bridgehead atoms. The summed E-state index contributed by atoms with van der Waals surface area (Å²) in [6, 6.07) is 12.1. The quantitative estimate of drug-likeness (QED) is 0.437. The highest BCUT2D eigenvalue weighted by Crippen LogP contribution is 2.28. The van der Waals surface area contributed by atoms with Crippen molar-refractivity contribution < 1.29 is 24.2 Å². The van der Waals surface area contributed by atoms with Crippen molar-refractivity contribution in [3.05, 3.63) is 48.0 Å². The van der Waals surface area contributed by atoms with Crippen LogP contribution in [0.1, 0.15) is 12.5 Å². The zero-order chi connectivity index (χ0) is 18.1. The molecule has 1 amide bonds. The van der Waals surface area contributed by atoms with E-state index in [1.807, 2.05) is 13.0 Å². The third-order valence-corrected chi connectivity index (χ3v) is 3.21. The molecular formula is C18H20N2O5. The number of carbonyl (C=O) groups is 1. The zero-order valence-corrected chi connectivity index (χ0v) is 14.1. The van der Waals surface area contributed by atoms with Gasteiger partial charge in [0.2, 0.25) is 0 Å². The molecule has 0 saturated carbocycles. The van der Waals surface area contributed by atoms with Gasteiger partial charge in [-0.3, -0.25) is 4.79 Å². The van der Waals surface area contributed by atoms with Crippen LogP contribution in [-0.2, 0) is 4.79 Å². The summed E-state index contributed by atoms with van der Waals surface area (Å²) in [5.74, 6) is 1.13. The van der Waals surface area contributed by atoms with Crippen LogP contribution in [0.25, 0.3) is 0 Å². The maximum atomic E-state index is 12.1. The third kappa shape index (κ3) is 5.13. The molecule has 0 saturated heterocycles. The highest BCUT2D eigenvalue weighted by atomic mass is 16.5. The number of rotatable bonds is 8. The summed E-state index contributed by atoms with van der Waals surface area (Å²) >= 11 is 0. The van der Waals surface area contributed by atoms with Crippen LogP contribution in [0, 0.1) is 0 Å². The highest BCUT2D eigenvalue weighted by Gasteiger charge is 2.11. The van der Waals surface area contributed by atoms with Crippen molar-refractivity contribution in [1.29, 1.82) is 0 Å². The number of para-hydroxylation sites is 2. The van der Waals surface area contributed by atoms with E-state index in [1.165, 1.54) is 13.3 Å². The average molecular weight is 344 g/mol. The molecule has 132 valence electrons. The highest BCUT2D eigenvalue weighted by molar-refractivity contribution is 5.93. The van der Waals surface area contributed by atoms with Gasteiger partial charge in [-0.2, -0.15) is 0 Å². The van der Waals surface area contributed by atoms with Gasteiger partial charge in [-0.25, -0.2) is 0 Å². The minimum atomic E-state index is -0.326. The molecule has 2 aromatic carbocycles. The van der Waals surface area contributed by atoms with Gasteiger partial charge in [-0.1, -0.05) is 17.3 Å². The maximum absolute atomic E-state index is 12.1. The number of oxime groups is 1. The molecule has 2 aromatic rings. The summed E-state index contributed by atoms with van der Waals surface area (Å²) in [5, 5.41) is 14.3. The van der Waals surface area contributed by atoms with Crippen LogP contribution < -0.4 is 19.5 Å². The van der Waals surface area contributed by atoms with Crippen molar-refractivity contribution in [3.8, 4) is 17.2 Å². The lowest BCUT2D eigenvalue weighted by molar-refractivity contribution is -0.118. The van der Waals surface area contributed by atoms with Crippen LogP contribution >= 0.6 is 0 Å². The second-order valence-corrected chi connectivity index (χ2v) is 4.92. The molecule has 0 fully saturated rings. The second kappa shape index (κ2) is 9.17. The molecule has 0 radical (unpaired) electrons. The Morgan fingerprint density at radius 2 is 1.96 bits per heavy atom. The summed E-state index contributed by atoms with van der Waals surface area (Å²) in [4.78, 5) is 12.1. The lowest BCUT2D eigenvalue weighted by Gasteiger charge is -2.13. The topological polar surface area (TPSA) is 89.4 Å². The first kappa shape index (κ1) is 18.1. The predicted octanol–water partition coefficient (Wildman–Crippen LogP) is 2.92. The Balaban J connectivity index is 2.03. The average Bonchev–Trinajstić information content (AvgIpc) is 2.62. The molecule has 0 aromatic heterocycles. The van der Waals surface area contributed by atoms with Crippen molar-refractivity contribution in [2.24, 2.45) is 5.16 Å². The summed E-state index contributed by atoms with van der Waals surface area (Å²) in [6.07, 6.45) is 1.28. The molecule has 0 aliphatic carbocycles. The molecule has 25 heavy (non-hydrogen) atoms. The molecule has 0 aliphatic rings. The van der Waals surface area contributed by atoms with Crippen molar-refractivity contribution in [3.63, 3.8) is 0 Å². The van der Waals surface area contributed by atoms with Crippen LogP contribution in [0.3, 0.4) is 0 Å². The SMILES string of the molecule is CCOc1cc(C=NO)ccc1OCC(=O)Nc1ccccc1OC. The molecule has 2 N–H and O–H groups in total. The van der Waals surface area contributed by atoms with Crippen LogP contribution in [0.5, 0.6) is 17.2 Å². The fourth-order valence-electron chi connectivity index (χ4n) is 2.14. The largest absolute Gasteiger partial charge is 0.495 e. The third-order valence-electron chi connectivity index (χ3n) is 3.21. The lowest BCUT2D eigenvalue weighted by atomic mass is 10.2. The number of carbonyl (C=O) groups excluding carboxylic acids is 1. The van der Waals surface area contributed by atoms with Crippen LogP contribution in [0.15, 0.2) is 47.6 Å². The van der Waals surface area contributed by atoms with Gasteiger partial charge in [0, 0.05) is 5.56 Å². The van der Waals surface area contributed by atoms with Crippen molar-refractivity contribution in [2.45, 2.75) is 6.92 Å². The number of benzene rings is 2. The summed E-state index contributed by atoms with van der Waals surface area (Å²) in [7, 11) is 1.53. The molecule has 0 heterocycles. The predicted molar refractivity (Wildman–Crippen MR) is 94.1 cm³/mol. The zero-order valence-electron chi connectivity index (χ0n) is 14.1. The summed E-state index contributed by atoms with van der Waals surface area (Å²) in [5.41, 5.74) is 1.22. The first-order valence-electron chi connectivity index (χ1n) is 7.68. The molecule has 0 spiro atoms. The number of methoxy groups -OCH3 is 1. The Labute approximate surface area is 145 Å².